The van der Waals surface area contributed by atoms with Gasteiger partial charge in [0.1, 0.15) is 0 Å². The molecule has 4 aliphatic carbocycles. The lowest BCUT2D eigenvalue weighted by Crippen LogP contribution is -2.66. The molecule has 2 bridgehead atoms. The molecule has 0 aromatic heterocycles. The van der Waals surface area contributed by atoms with E-state index in [-0.39, 0.29) is 34.9 Å². The molecule has 4 aliphatic rings. The van der Waals surface area contributed by atoms with Crippen molar-refractivity contribution in [3.8, 4) is 0 Å². The van der Waals surface area contributed by atoms with Crippen LogP contribution in [0.1, 0.15) is 65.7 Å². The monoisotopic (exact) mass is 338 g/mol. The van der Waals surface area contributed by atoms with Gasteiger partial charge in [-0.2, -0.15) is 0 Å². The van der Waals surface area contributed by atoms with Crippen molar-refractivity contribution in [1.29, 1.82) is 0 Å². The lowest BCUT2D eigenvalue weighted by Gasteiger charge is -2.67. The maximum Gasteiger partial charge on any atom is 0.0930 e. The molecular weight excluding hydrogens is 304 g/mol. The third-order valence-corrected chi connectivity index (χ3v) is 9.39. The third kappa shape index (κ3) is 1.79. The van der Waals surface area contributed by atoms with Crippen molar-refractivity contribution >= 4 is 0 Å². The summed E-state index contributed by atoms with van der Waals surface area (Å²) in [6.07, 6.45) is 5.17. The second kappa shape index (κ2) is 4.97. The Balaban J connectivity index is 1.79. The van der Waals surface area contributed by atoms with Crippen molar-refractivity contribution in [2.24, 2.45) is 34.0 Å². The quantitative estimate of drug-likeness (QED) is 0.590. The number of aliphatic hydroxyl groups is 4. The van der Waals surface area contributed by atoms with Crippen molar-refractivity contribution in [1.82, 2.24) is 0 Å². The van der Waals surface area contributed by atoms with Crippen molar-refractivity contribution < 1.29 is 20.4 Å². The summed E-state index contributed by atoms with van der Waals surface area (Å²) in [5.41, 5.74) is -1.39. The maximum atomic E-state index is 11.3. The van der Waals surface area contributed by atoms with E-state index in [1.807, 2.05) is 0 Å². The molecular formula is C20H34O4. The second-order valence-electron chi connectivity index (χ2n) is 10.3. The van der Waals surface area contributed by atoms with E-state index in [4.69, 9.17) is 0 Å². The van der Waals surface area contributed by atoms with Gasteiger partial charge in [-0.05, 0) is 67.1 Å². The highest BCUT2D eigenvalue weighted by atomic mass is 16.3. The predicted octanol–water partition coefficient (Wildman–Crippen LogP) is 2.08. The van der Waals surface area contributed by atoms with Crippen LogP contribution in [0.25, 0.3) is 0 Å². The lowest BCUT2D eigenvalue weighted by molar-refractivity contribution is -0.242. The Kier molecular flexibility index (Phi) is 3.57. The number of hydrogen-bond acceptors (Lipinski definition) is 4. The Hall–Kier alpha value is -0.160. The number of fused-ring (bicyclic) bond motifs is 2. The molecule has 0 heterocycles. The van der Waals surface area contributed by atoms with Crippen LogP contribution >= 0.6 is 0 Å². The molecule has 24 heavy (non-hydrogen) atoms. The van der Waals surface area contributed by atoms with Crippen molar-refractivity contribution in [3.63, 3.8) is 0 Å². The summed E-state index contributed by atoms with van der Waals surface area (Å²) in [5.74, 6) is 0.936. The number of rotatable bonds is 1. The van der Waals surface area contributed by atoms with E-state index in [9.17, 15) is 20.4 Å². The molecule has 1 spiro atoms. The zero-order valence-electron chi connectivity index (χ0n) is 15.3. The molecule has 0 aromatic carbocycles. The van der Waals surface area contributed by atoms with Crippen molar-refractivity contribution in [3.05, 3.63) is 0 Å². The Morgan fingerprint density at radius 2 is 1.62 bits per heavy atom. The van der Waals surface area contributed by atoms with Gasteiger partial charge in [0, 0.05) is 11.8 Å². The van der Waals surface area contributed by atoms with Crippen LogP contribution in [-0.2, 0) is 0 Å². The highest BCUT2D eigenvalue weighted by Crippen LogP contribution is 2.75. The molecule has 1 unspecified atom stereocenters. The third-order valence-electron chi connectivity index (χ3n) is 9.39. The van der Waals surface area contributed by atoms with Gasteiger partial charge in [0.15, 0.2) is 0 Å². The molecule has 0 amide bonds. The van der Waals surface area contributed by atoms with Crippen LogP contribution in [0.5, 0.6) is 0 Å². The Labute approximate surface area is 145 Å². The molecule has 8 atom stereocenters. The first-order valence-corrected chi connectivity index (χ1v) is 9.81. The Bertz CT molecular complexity index is 534. The minimum Gasteiger partial charge on any atom is -0.393 e. The standard InChI is InChI=1S/C20H34O4/c1-17(2)14-5-4-12-8-13-9-20(12,16(23)10-19(13,24)11-21)18(14,3)7-6-15(17)22/h12-16,21-24H,4-11H2,1-3H3/t12-,13-,14?,15-,16+,18-,19+,20+/m0/s1. The highest BCUT2D eigenvalue weighted by molar-refractivity contribution is 5.21. The van der Waals surface area contributed by atoms with Crippen LogP contribution in [0, 0.1) is 34.0 Å². The summed E-state index contributed by atoms with van der Waals surface area (Å²) < 4.78 is 0. The molecule has 0 radical (unpaired) electrons. The van der Waals surface area contributed by atoms with Crippen molar-refractivity contribution in [2.45, 2.75) is 83.5 Å². The molecule has 0 aromatic rings. The fourth-order valence-corrected chi connectivity index (χ4v) is 8.01. The summed E-state index contributed by atoms with van der Waals surface area (Å²) in [7, 11) is 0. The van der Waals surface area contributed by atoms with Crippen LogP contribution in [0.4, 0.5) is 0 Å². The van der Waals surface area contributed by atoms with Gasteiger partial charge in [-0.25, -0.2) is 0 Å². The summed E-state index contributed by atoms with van der Waals surface area (Å²) in [6, 6.07) is 0. The predicted molar refractivity (Wildman–Crippen MR) is 91.2 cm³/mol. The van der Waals surface area contributed by atoms with Crippen LogP contribution in [-0.4, -0.2) is 44.8 Å². The van der Waals surface area contributed by atoms with Gasteiger partial charge in [-0.3, -0.25) is 0 Å². The lowest BCUT2D eigenvalue weighted by atomic mass is 9.38. The highest BCUT2D eigenvalue weighted by Gasteiger charge is 2.72. The molecule has 4 fully saturated rings. The summed E-state index contributed by atoms with van der Waals surface area (Å²) >= 11 is 0. The van der Waals surface area contributed by atoms with Gasteiger partial charge in [0.2, 0.25) is 0 Å². The van der Waals surface area contributed by atoms with Gasteiger partial charge < -0.3 is 20.4 Å². The smallest absolute Gasteiger partial charge is 0.0930 e. The van der Waals surface area contributed by atoms with Crippen LogP contribution in [0.15, 0.2) is 0 Å². The maximum absolute atomic E-state index is 11.3. The Morgan fingerprint density at radius 1 is 0.917 bits per heavy atom. The van der Waals surface area contributed by atoms with Crippen LogP contribution < -0.4 is 0 Å². The molecule has 4 N–H and O–H groups in total. The molecule has 4 saturated carbocycles. The summed E-state index contributed by atoms with van der Waals surface area (Å²) in [4.78, 5) is 0. The van der Waals surface area contributed by atoms with E-state index in [0.717, 1.165) is 38.5 Å². The minimum absolute atomic E-state index is 0.00357. The van der Waals surface area contributed by atoms with E-state index in [1.165, 1.54) is 0 Å². The van der Waals surface area contributed by atoms with Gasteiger partial charge in [-0.1, -0.05) is 20.8 Å². The average molecular weight is 338 g/mol. The fourth-order valence-electron chi connectivity index (χ4n) is 8.01. The first-order valence-electron chi connectivity index (χ1n) is 9.81. The largest absolute Gasteiger partial charge is 0.393 e. The van der Waals surface area contributed by atoms with Gasteiger partial charge in [0.25, 0.3) is 0 Å². The minimum atomic E-state index is -1.11. The molecule has 0 saturated heterocycles. The number of aliphatic hydroxyl groups excluding tert-OH is 3. The topological polar surface area (TPSA) is 80.9 Å². The zero-order valence-corrected chi connectivity index (χ0v) is 15.3. The van der Waals surface area contributed by atoms with E-state index in [1.54, 1.807) is 0 Å². The van der Waals surface area contributed by atoms with Gasteiger partial charge >= 0.3 is 0 Å². The Morgan fingerprint density at radius 3 is 2.29 bits per heavy atom. The van der Waals surface area contributed by atoms with Crippen molar-refractivity contribution in [2.75, 3.05) is 6.61 Å². The van der Waals surface area contributed by atoms with Crippen LogP contribution in [0.3, 0.4) is 0 Å². The van der Waals surface area contributed by atoms with E-state index >= 15 is 0 Å². The summed E-state index contributed by atoms with van der Waals surface area (Å²) in [5, 5.41) is 42.5. The molecule has 4 nitrogen and oxygen atoms in total. The molecule has 4 heteroatoms. The van der Waals surface area contributed by atoms with Crippen LogP contribution in [0.2, 0.25) is 0 Å². The number of hydrogen-bond donors (Lipinski definition) is 4. The van der Waals surface area contributed by atoms with E-state index < -0.39 is 11.7 Å². The van der Waals surface area contributed by atoms with E-state index in [2.05, 4.69) is 20.8 Å². The first-order chi connectivity index (χ1) is 11.1. The second-order valence-corrected chi connectivity index (χ2v) is 10.3. The fraction of sp³-hybridized carbons (Fsp3) is 1.00. The summed E-state index contributed by atoms with van der Waals surface area (Å²) in [6.45, 7) is 6.50. The molecule has 4 rings (SSSR count). The SMILES string of the molecule is CC1(C)C2CC[C@H]3C[C@H]4C[C@@]3([C@H](O)C[C@@]4(O)CO)[C@@]2(C)CC[C@@H]1O. The average Bonchev–Trinajstić information content (AvgIpc) is 2.90. The normalized spacial score (nSPS) is 58.9. The van der Waals surface area contributed by atoms with Gasteiger partial charge in [-0.15, -0.1) is 0 Å². The molecule has 0 aliphatic heterocycles. The zero-order chi connectivity index (χ0) is 17.5. The van der Waals surface area contributed by atoms with Gasteiger partial charge in [0.05, 0.1) is 24.4 Å². The van der Waals surface area contributed by atoms with E-state index in [0.29, 0.717) is 18.3 Å². The first kappa shape index (κ1) is 17.3. The molecule has 138 valence electrons.